The molecule has 1 heterocycles. The number of aliphatic hydroxyl groups excluding tert-OH is 1. The van der Waals surface area contributed by atoms with Gasteiger partial charge in [-0.1, -0.05) is 36.4 Å². The van der Waals surface area contributed by atoms with Gasteiger partial charge in [0, 0.05) is 11.4 Å². The Balaban J connectivity index is 1.63. The molecule has 2 rings (SSSR count). The average molecular weight is 290 g/mol. The van der Waals surface area contributed by atoms with E-state index in [2.05, 4.69) is 10.6 Å². The first kappa shape index (κ1) is 14.6. The highest BCUT2D eigenvalue weighted by Gasteiger charge is 2.09. The Hall–Kier alpha value is -1.85. The summed E-state index contributed by atoms with van der Waals surface area (Å²) in [5.41, 5.74) is 1.19. The van der Waals surface area contributed by atoms with Crippen molar-refractivity contribution >= 4 is 17.4 Å². The van der Waals surface area contributed by atoms with E-state index in [1.165, 1.54) is 16.9 Å². The fraction of sp³-hybridized carbons (Fsp3) is 0.267. The summed E-state index contributed by atoms with van der Waals surface area (Å²) < 4.78 is 0. The first-order valence-corrected chi connectivity index (χ1v) is 7.41. The molecule has 0 spiro atoms. The average Bonchev–Trinajstić information content (AvgIpc) is 3.00. The predicted octanol–water partition coefficient (Wildman–Crippen LogP) is 2.32. The molecule has 2 amide bonds. The van der Waals surface area contributed by atoms with Gasteiger partial charge in [-0.2, -0.15) is 0 Å². The highest BCUT2D eigenvalue weighted by molar-refractivity contribution is 7.10. The van der Waals surface area contributed by atoms with Crippen molar-refractivity contribution in [3.05, 3.63) is 58.3 Å². The van der Waals surface area contributed by atoms with Crippen LogP contribution in [0.4, 0.5) is 4.79 Å². The molecule has 0 aliphatic carbocycles. The highest BCUT2D eigenvalue weighted by atomic mass is 32.1. The number of hydrogen-bond acceptors (Lipinski definition) is 3. The zero-order valence-corrected chi connectivity index (χ0v) is 11.9. The molecule has 0 radical (unpaired) electrons. The number of thiophene rings is 1. The summed E-state index contributed by atoms with van der Waals surface area (Å²) in [5, 5.41) is 17.2. The Kier molecular flexibility index (Phi) is 5.58. The van der Waals surface area contributed by atoms with Gasteiger partial charge in [-0.25, -0.2) is 4.79 Å². The molecule has 3 N–H and O–H groups in total. The molecule has 2 aromatic rings. The molecule has 0 aliphatic heterocycles. The molecular weight excluding hydrogens is 272 g/mol. The summed E-state index contributed by atoms with van der Waals surface area (Å²) in [6.45, 7) is 0.794. The molecule has 0 saturated heterocycles. The lowest BCUT2D eigenvalue weighted by Gasteiger charge is -2.11. The number of urea groups is 1. The fourth-order valence-corrected chi connectivity index (χ4v) is 2.51. The van der Waals surface area contributed by atoms with Crippen molar-refractivity contribution in [1.29, 1.82) is 0 Å². The number of rotatable bonds is 6. The van der Waals surface area contributed by atoms with Gasteiger partial charge >= 0.3 is 6.03 Å². The zero-order valence-electron chi connectivity index (χ0n) is 11.1. The molecule has 0 saturated carbocycles. The number of benzene rings is 1. The van der Waals surface area contributed by atoms with Gasteiger partial charge in [0.25, 0.3) is 0 Å². The maximum absolute atomic E-state index is 11.6. The third kappa shape index (κ3) is 4.68. The van der Waals surface area contributed by atoms with Gasteiger partial charge in [-0.15, -0.1) is 11.3 Å². The van der Waals surface area contributed by atoms with Crippen LogP contribution in [0.3, 0.4) is 0 Å². The second-order valence-electron chi connectivity index (χ2n) is 4.40. The van der Waals surface area contributed by atoms with Crippen molar-refractivity contribution < 1.29 is 9.90 Å². The van der Waals surface area contributed by atoms with Crippen molar-refractivity contribution in [3.8, 4) is 0 Å². The van der Waals surface area contributed by atoms with Gasteiger partial charge in [0.05, 0.1) is 6.54 Å². The van der Waals surface area contributed by atoms with Crippen LogP contribution in [0.2, 0.25) is 0 Å². The van der Waals surface area contributed by atoms with Crippen LogP contribution < -0.4 is 10.6 Å². The largest absolute Gasteiger partial charge is 0.386 e. The van der Waals surface area contributed by atoms with Gasteiger partial charge < -0.3 is 15.7 Å². The van der Waals surface area contributed by atoms with E-state index in [0.717, 1.165) is 11.3 Å². The van der Waals surface area contributed by atoms with Crippen LogP contribution >= 0.6 is 11.3 Å². The molecule has 1 aromatic carbocycles. The van der Waals surface area contributed by atoms with Crippen molar-refractivity contribution in [2.75, 3.05) is 13.1 Å². The van der Waals surface area contributed by atoms with Gasteiger partial charge in [0.15, 0.2) is 0 Å². The number of carbonyl (C=O) groups excluding carboxylic acids is 1. The maximum Gasteiger partial charge on any atom is 0.314 e. The smallest absolute Gasteiger partial charge is 0.314 e. The summed E-state index contributed by atoms with van der Waals surface area (Å²) in [7, 11) is 0. The lowest BCUT2D eigenvalue weighted by atomic mass is 10.1. The molecule has 106 valence electrons. The molecule has 4 nitrogen and oxygen atoms in total. The Morgan fingerprint density at radius 1 is 1.15 bits per heavy atom. The summed E-state index contributed by atoms with van der Waals surface area (Å²) in [5.74, 6) is 0. The molecular formula is C15H18N2O2S. The monoisotopic (exact) mass is 290 g/mol. The molecule has 0 bridgehead atoms. The minimum Gasteiger partial charge on any atom is -0.386 e. The van der Waals surface area contributed by atoms with E-state index in [4.69, 9.17) is 0 Å². The minimum atomic E-state index is -0.644. The van der Waals surface area contributed by atoms with Crippen molar-refractivity contribution in [3.63, 3.8) is 0 Å². The lowest BCUT2D eigenvalue weighted by Crippen LogP contribution is -2.38. The van der Waals surface area contributed by atoms with Crippen molar-refractivity contribution in [2.45, 2.75) is 12.5 Å². The van der Waals surface area contributed by atoms with E-state index in [1.54, 1.807) is 0 Å². The summed E-state index contributed by atoms with van der Waals surface area (Å²) in [6.07, 6.45) is 0.150. The molecule has 0 aliphatic rings. The van der Waals surface area contributed by atoms with Gasteiger partial charge in [0.1, 0.15) is 6.10 Å². The molecule has 0 fully saturated rings. The summed E-state index contributed by atoms with van der Waals surface area (Å²) >= 11 is 1.48. The fourth-order valence-electron chi connectivity index (χ4n) is 1.80. The number of amides is 2. The minimum absolute atomic E-state index is 0.220. The van der Waals surface area contributed by atoms with Crippen molar-refractivity contribution in [2.24, 2.45) is 0 Å². The van der Waals surface area contributed by atoms with Crippen LogP contribution in [0.1, 0.15) is 16.5 Å². The number of nitrogens with one attached hydrogen (secondary N) is 2. The summed E-state index contributed by atoms with van der Waals surface area (Å²) in [4.78, 5) is 12.4. The van der Waals surface area contributed by atoms with Gasteiger partial charge in [-0.05, 0) is 23.4 Å². The normalized spacial score (nSPS) is 11.8. The summed E-state index contributed by atoms with van der Waals surface area (Å²) in [6, 6.07) is 13.5. The Labute approximate surface area is 122 Å². The van der Waals surface area contributed by atoms with Gasteiger partial charge in [-0.3, -0.25) is 0 Å². The SMILES string of the molecule is O=C(NCCc1ccccc1)NC[C@H](O)c1cccs1. The van der Waals surface area contributed by atoms with Crippen LogP contribution in [-0.4, -0.2) is 24.2 Å². The molecule has 5 heteroatoms. The van der Waals surface area contributed by atoms with Crippen LogP contribution in [0.15, 0.2) is 47.8 Å². The Bertz CT molecular complexity index is 514. The Morgan fingerprint density at radius 3 is 2.65 bits per heavy atom. The van der Waals surface area contributed by atoms with Crippen LogP contribution in [0, 0.1) is 0 Å². The first-order valence-electron chi connectivity index (χ1n) is 6.53. The molecule has 1 aromatic heterocycles. The van der Waals surface area contributed by atoms with E-state index in [1.807, 2.05) is 47.8 Å². The third-order valence-corrected chi connectivity index (χ3v) is 3.84. The van der Waals surface area contributed by atoms with E-state index in [0.29, 0.717) is 6.54 Å². The standard InChI is InChI=1S/C15H18N2O2S/c18-13(14-7-4-10-20-14)11-17-15(19)16-9-8-12-5-2-1-3-6-12/h1-7,10,13,18H,8-9,11H2,(H2,16,17,19)/t13-/m0/s1. The third-order valence-electron chi connectivity index (χ3n) is 2.87. The number of carbonyl (C=O) groups is 1. The van der Waals surface area contributed by atoms with Gasteiger partial charge in [0.2, 0.25) is 0 Å². The van der Waals surface area contributed by atoms with E-state index < -0.39 is 6.10 Å². The topological polar surface area (TPSA) is 61.4 Å². The molecule has 1 atom stereocenters. The Morgan fingerprint density at radius 2 is 1.95 bits per heavy atom. The van der Waals surface area contributed by atoms with Crippen LogP contribution in [0.25, 0.3) is 0 Å². The lowest BCUT2D eigenvalue weighted by molar-refractivity contribution is 0.176. The first-order chi connectivity index (χ1) is 9.75. The number of hydrogen-bond donors (Lipinski definition) is 3. The second kappa shape index (κ2) is 7.67. The van der Waals surface area contributed by atoms with E-state index in [9.17, 15) is 9.90 Å². The van der Waals surface area contributed by atoms with Crippen LogP contribution in [0.5, 0.6) is 0 Å². The zero-order chi connectivity index (χ0) is 14.2. The maximum atomic E-state index is 11.6. The highest BCUT2D eigenvalue weighted by Crippen LogP contribution is 2.17. The number of aliphatic hydroxyl groups is 1. The van der Waals surface area contributed by atoms with Crippen molar-refractivity contribution in [1.82, 2.24) is 10.6 Å². The molecule has 20 heavy (non-hydrogen) atoms. The van der Waals surface area contributed by atoms with E-state index in [-0.39, 0.29) is 12.6 Å². The quantitative estimate of drug-likeness (QED) is 0.764. The second-order valence-corrected chi connectivity index (χ2v) is 5.38. The predicted molar refractivity (Wildman–Crippen MR) is 80.8 cm³/mol. The van der Waals surface area contributed by atoms with Crippen LogP contribution in [-0.2, 0) is 6.42 Å². The molecule has 0 unspecified atom stereocenters. The van der Waals surface area contributed by atoms with E-state index >= 15 is 0 Å².